The first kappa shape index (κ1) is 17.9. The summed E-state index contributed by atoms with van der Waals surface area (Å²) in [5.74, 6) is -0.563. The highest BCUT2D eigenvalue weighted by atomic mass is 31.2. The fraction of sp³-hybridized carbons (Fsp3) is 0.933. The van der Waals surface area contributed by atoms with Gasteiger partial charge in [0.25, 0.3) is 0 Å². The van der Waals surface area contributed by atoms with Crippen molar-refractivity contribution in [2.24, 2.45) is 0 Å². The van der Waals surface area contributed by atoms with Gasteiger partial charge in [0, 0.05) is 7.26 Å². The lowest BCUT2D eigenvalue weighted by atomic mass is 10.4. The summed E-state index contributed by atoms with van der Waals surface area (Å²) in [5, 5.41) is 9.44. The molecule has 1 unspecified atom stereocenters. The molecule has 0 heterocycles. The molecule has 2 nitrogen and oxygen atoms in total. The van der Waals surface area contributed by atoms with Crippen molar-refractivity contribution in [3.63, 3.8) is 0 Å². The summed E-state index contributed by atoms with van der Waals surface area (Å²) in [7, 11) is -1.29. The van der Waals surface area contributed by atoms with Gasteiger partial charge in [0.05, 0.1) is 18.5 Å². The van der Waals surface area contributed by atoms with E-state index in [0.717, 1.165) is 0 Å². The molecule has 0 aromatic carbocycles. The lowest BCUT2D eigenvalue weighted by molar-refractivity contribution is -0.136. The number of rotatable bonds is 11. The summed E-state index contributed by atoms with van der Waals surface area (Å²) in [4.78, 5) is 11.5. The second-order valence-electron chi connectivity index (χ2n) is 5.46. The van der Waals surface area contributed by atoms with E-state index in [9.17, 15) is 9.90 Å². The van der Waals surface area contributed by atoms with Gasteiger partial charge in [-0.2, -0.15) is 0 Å². The molecule has 0 aromatic heterocycles. The summed E-state index contributed by atoms with van der Waals surface area (Å²) in [5.41, 5.74) is -0.0952. The minimum atomic E-state index is -1.29. The Morgan fingerprint density at radius 1 is 0.944 bits per heavy atom. The summed E-state index contributed by atoms with van der Waals surface area (Å²) < 4.78 is 0. The molecule has 0 aliphatic rings. The third-order valence-corrected chi connectivity index (χ3v) is 9.53. The first-order valence-corrected chi connectivity index (χ1v) is 10.0. The number of hydrogen-bond donors (Lipinski definition) is 1. The van der Waals surface area contributed by atoms with E-state index in [0.29, 0.717) is 0 Å². The smallest absolute Gasteiger partial charge is 0.344 e. The standard InChI is InChI=1S/C15H31O2P/c1-5-8-11-18(12-9-6-2,13-10-7-3)14(4)15(16)17/h14H,5-13H2,1-4H3/p+1. The van der Waals surface area contributed by atoms with Crippen molar-refractivity contribution in [1.29, 1.82) is 0 Å². The zero-order chi connectivity index (χ0) is 14.0. The molecule has 0 aromatic rings. The zero-order valence-electron chi connectivity index (χ0n) is 12.7. The molecular weight excluding hydrogens is 243 g/mol. The van der Waals surface area contributed by atoms with Crippen molar-refractivity contribution in [2.75, 3.05) is 18.5 Å². The van der Waals surface area contributed by atoms with Gasteiger partial charge in [-0.25, -0.2) is 4.79 Å². The van der Waals surface area contributed by atoms with Gasteiger partial charge in [0.2, 0.25) is 0 Å². The van der Waals surface area contributed by atoms with Crippen LogP contribution in [0.1, 0.15) is 66.2 Å². The van der Waals surface area contributed by atoms with Crippen molar-refractivity contribution in [3.8, 4) is 0 Å². The lowest BCUT2D eigenvalue weighted by Crippen LogP contribution is -2.27. The van der Waals surface area contributed by atoms with Crippen LogP contribution < -0.4 is 0 Å². The van der Waals surface area contributed by atoms with Gasteiger partial charge in [-0.1, -0.05) is 40.0 Å². The van der Waals surface area contributed by atoms with Crippen LogP contribution in [0, 0.1) is 0 Å². The van der Waals surface area contributed by atoms with E-state index < -0.39 is 13.2 Å². The van der Waals surface area contributed by atoms with E-state index in [-0.39, 0.29) is 5.66 Å². The van der Waals surface area contributed by atoms with Gasteiger partial charge in [-0.3, -0.25) is 0 Å². The van der Waals surface area contributed by atoms with Crippen LogP contribution >= 0.6 is 7.26 Å². The number of carbonyl (C=O) groups is 1. The molecule has 0 rings (SSSR count). The summed E-state index contributed by atoms with van der Waals surface area (Å²) >= 11 is 0. The van der Waals surface area contributed by atoms with Crippen LogP contribution in [0.5, 0.6) is 0 Å². The SMILES string of the molecule is CCCC[P+](CCCC)(CCCC)C(C)C(=O)O. The number of unbranched alkanes of at least 4 members (excludes halogenated alkanes) is 3. The Labute approximate surface area is 114 Å². The van der Waals surface area contributed by atoms with E-state index in [1.807, 2.05) is 6.92 Å². The Balaban J connectivity index is 4.89. The molecule has 0 saturated carbocycles. The predicted molar refractivity (Wildman–Crippen MR) is 83.3 cm³/mol. The lowest BCUT2D eigenvalue weighted by Gasteiger charge is -2.31. The van der Waals surface area contributed by atoms with Crippen LogP contribution in [-0.4, -0.2) is 35.2 Å². The molecule has 0 saturated heterocycles. The van der Waals surface area contributed by atoms with Gasteiger partial charge in [0.15, 0.2) is 5.66 Å². The Hall–Kier alpha value is -0.100. The molecule has 108 valence electrons. The van der Waals surface area contributed by atoms with E-state index >= 15 is 0 Å². The Bertz CT molecular complexity index is 207. The van der Waals surface area contributed by atoms with Crippen molar-refractivity contribution >= 4 is 13.2 Å². The normalized spacial score (nSPS) is 13.6. The Morgan fingerprint density at radius 2 is 1.28 bits per heavy atom. The number of carboxylic acids is 1. The maximum absolute atomic E-state index is 11.5. The summed E-state index contributed by atoms with van der Waals surface area (Å²) in [6.07, 6.45) is 10.8. The molecule has 1 atom stereocenters. The van der Waals surface area contributed by atoms with Crippen LogP contribution in [0.25, 0.3) is 0 Å². The monoisotopic (exact) mass is 275 g/mol. The molecule has 3 heteroatoms. The average molecular weight is 275 g/mol. The topological polar surface area (TPSA) is 37.3 Å². The average Bonchev–Trinajstić information content (AvgIpc) is 2.37. The quantitative estimate of drug-likeness (QED) is 0.546. The largest absolute Gasteiger partial charge is 0.478 e. The van der Waals surface area contributed by atoms with E-state index in [1.165, 1.54) is 57.0 Å². The third-order valence-electron chi connectivity index (χ3n) is 4.05. The van der Waals surface area contributed by atoms with Crippen LogP contribution in [0.2, 0.25) is 0 Å². The van der Waals surface area contributed by atoms with Crippen LogP contribution in [-0.2, 0) is 4.79 Å². The minimum absolute atomic E-state index is 0.0952. The van der Waals surface area contributed by atoms with E-state index in [4.69, 9.17) is 0 Å². The molecule has 1 N–H and O–H groups in total. The molecule has 0 fully saturated rings. The molecular formula is C15H32O2P+. The highest BCUT2D eigenvalue weighted by molar-refractivity contribution is 7.77. The van der Waals surface area contributed by atoms with Gasteiger partial charge >= 0.3 is 5.97 Å². The van der Waals surface area contributed by atoms with Crippen LogP contribution in [0.4, 0.5) is 0 Å². The van der Waals surface area contributed by atoms with Crippen molar-refractivity contribution in [3.05, 3.63) is 0 Å². The van der Waals surface area contributed by atoms with E-state index in [1.54, 1.807) is 0 Å². The van der Waals surface area contributed by atoms with E-state index in [2.05, 4.69) is 20.8 Å². The Morgan fingerprint density at radius 3 is 1.50 bits per heavy atom. The minimum Gasteiger partial charge on any atom is -0.478 e. The summed E-state index contributed by atoms with van der Waals surface area (Å²) in [6.45, 7) is 8.59. The van der Waals surface area contributed by atoms with Crippen molar-refractivity contribution in [1.82, 2.24) is 0 Å². The molecule has 0 aliphatic heterocycles. The maximum Gasteiger partial charge on any atom is 0.344 e. The molecule has 0 aliphatic carbocycles. The third kappa shape index (κ3) is 5.69. The predicted octanol–water partition coefficient (Wildman–Crippen LogP) is 4.88. The van der Waals surface area contributed by atoms with Gasteiger partial charge in [0.1, 0.15) is 0 Å². The second-order valence-corrected chi connectivity index (χ2v) is 10.0. The van der Waals surface area contributed by atoms with Gasteiger partial charge in [-0.05, 0) is 26.2 Å². The van der Waals surface area contributed by atoms with Gasteiger partial charge in [-0.15, -0.1) is 0 Å². The number of aliphatic carboxylic acids is 1. The first-order valence-electron chi connectivity index (χ1n) is 7.62. The van der Waals surface area contributed by atoms with Crippen LogP contribution in [0.3, 0.4) is 0 Å². The highest BCUT2D eigenvalue weighted by Gasteiger charge is 2.45. The van der Waals surface area contributed by atoms with Crippen LogP contribution in [0.15, 0.2) is 0 Å². The molecule has 0 bridgehead atoms. The van der Waals surface area contributed by atoms with Crippen molar-refractivity contribution in [2.45, 2.75) is 71.9 Å². The first-order chi connectivity index (χ1) is 8.54. The Kier molecular flexibility index (Phi) is 9.73. The molecule has 0 amide bonds. The fourth-order valence-electron chi connectivity index (χ4n) is 2.57. The maximum atomic E-state index is 11.5. The highest BCUT2D eigenvalue weighted by Crippen LogP contribution is 2.64. The fourth-order valence-corrected chi connectivity index (χ4v) is 7.71. The number of carboxylic acid groups (broad SMARTS) is 1. The molecule has 0 radical (unpaired) electrons. The second kappa shape index (κ2) is 9.78. The van der Waals surface area contributed by atoms with Crippen molar-refractivity contribution < 1.29 is 9.90 Å². The molecule has 18 heavy (non-hydrogen) atoms. The van der Waals surface area contributed by atoms with Gasteiger partial charge < -0.3 is 5.11 Å². The molecule has 0 spiro atoms. The number of hydrogen-bond acceptors (Lipinski definition) is 1. The zero-order valence-corrected chi connectivity index (χ0v) is 13.6. The summed E-state index contributed by atoms with van der Waals surface area (Å²) in [6, 6.07) is 0.